The van der Waals surface area contributed by atoms with Crippen molar-refractivity contribution in [2.75, 3.05) is 7.11 Å². The lowest BCUT2D eigenvalue weighted by atomic mass is 10.2. The van der Waals surface area contributed by atoms with Gasteiger partial charge in [0.2, 0.25) is 0 Å². The van der Waals surface area contributed by atoms with Gasteiger partial charge in [-0.1, -0.05) is 28.1 Å². The molecule has 0 amide bonds. The summed E-state index contributed by atoms with van der Waals surface area (Å²) < 4.78 is 11.2. The van der Waals surface area contributed by atoms with Gasteiger partial charge in [0.05, 0.1) is 12.7 Å². The number of hydrogen-bond donors (Lipinski definition) is 0. The molecule has 0 aliphatic heterocycles. The van der Waals surface area contributed by atoms with Crippen LogP contribution in [-0.2, 0) is 11.3 Å². The van der Waals surface area contributed by atoms with E-state index in [0.717, 1.165) is 15.8 Å². The van der Waals surface area contributed by atoms with Gasteiger partial charge in [-0.05, 0) is 42.0 Å². The van der Waals surface area contributed by atoms with Gasteiger partial charge in [0.15, 0.2) is 0 Å². The van der Waals surface area contributed by atoms with E-state index < -0.39 is 0 Å². The minimum absolute atomic E-state index is 0.249. The molecule has 0 saturated carbocycles. The normalized spacial score (nSPS) is 10.0. The molecule has 0 heterocycles. The molecule has 19 heavy (non-hydrogen) atoms. The number of esters is 1. The molecule has 0 spiro atoms. The van der Waals surface area contributed by atoms with E-state index in [2.05, 4.69) is 15.9 Å². The first kappa shape index (κ1) is 13.6. The third-order valence-corrected chi connectivity index (χ3v) is 3.14. The Morgan fingerprint density at radius 3 is 2.26 bits per heavy atom. The number of rotatable bonds is 4. The van der Waals surface area contributed by atoms with E-state index in [-0.39, 0.29) is 12.6 Å². The van der Waals surface area contributed by atoms with Crippen LogP contribution in [0.25, 0.3) is 0 Å². The van der Waals surface area contributed by atoms with Crippen molar-refractivity contribution >= 4 is 21.9 Å². The molecule has 0 radical (unpaired) electrons. The molecular weight excluding hydrogens is 308 g/mol. The van der Waals surface area contributed by atoms with Gasteiger partial charge < -0.3 is 9.47 Å². The number of ether oxygens (including phenoxy) is 2. The summed E-state index contributed by atoms with van der Waals surface area (Å²) >= 11 is 3.32. The Labute approximate surface area is 120 Å². The van der Waals surface area contributed by atoms with E-state index in [1.54, 1.807) is 19.2 Å². The Bertz CT molecular complexity index is 547. The lowest BCUT2D eigenvalue weighted by Crippen LogP contribution is -2.04. The van der Waals surface area contributed by atoms with Crippen molar-refractivity contribution in [2.24, 2.45) is 0 Å². The molecule has 0 fully saturated rings. The predicted octanol–water partition coefficient (Wildman–Crippen LogP) is 3.81. The summed E-state index contributed by atoms with van der Waals surface area (Å²) in [6, 6.07) is 14.5. The van der Waals surface area contributed by atoms with Crippen molar-refractivity contribution in [1.29, 1.82) is 0 Å². The van der Waals surface area contributed by atoms with Crippen LogP contribution in [0.4, 0.5) is 0 Å². The average molecular weight is 321 g/mol. The van der Waals surface area contributed by atoms with Gasteiger partial charge in [0.25, 0.3) is 0 Å². The molecule has 0 N–H and O–H groups in total. The van der Waals surface area contributed by atoms with Gasteiger partial charge >= 0.3 is 5.97 Å². The second kappa shape index (κ2) is 6.38. The quantitative estimate of drug-likeness (QED) is 0.803. The Kier molecular flexibility index (Phi) is 4.58. The third-order valence-electron chi connectivity index (χ3n) is 2.61. The van der Waals surface area contributed by atoms with Gasteiger partial charge in [0.1, 0.15) is 12.4 Å². The van der Waals surface area contributed by atoms with Crippen molar-refractivity contribution < 1.29 is 14.3 Å². The summed E-state index contributed by atoms with van der Waals surface area (Å²) in [5.74, 6) is 0.450. The molecule has 0 unspecified atom stereocenters. The minimum atomic E-state index is -0.330. The standard InChI is InChI=1S/C15H13BrO3/c1-18-14-8-2-11(3-9-14)10-19-15(17)12-4-6-13(16)7-5-12/h2-9H,10H2,1H3. The van der Waals surface area contributed by atoms with Crippen molar-refractivity contribution in [2.45, 2.75) is 6.61 Å². The maximum Gasteiger partial charge on any atom is 0.338 e. The van der Waals surface area contributed by atoms with Crippen LogP contribution >= 0.6 is 15.9 Å². The van der Waals surface area contributed by atoms with Crippen molar-refractivity contribution in [3.63, 3.8) is 0 Å². The summed E-state index contributed by atoms with van der Waals surface area (Å²) in [5.41, 5.74) is 1.46. The van der Waals surface area contributed by atoms with Crippen LogP contribution in [0.3, 0.4) is 0 Å². The van der Waals surface area contributed by atoms with E-state index in [1.165, 1.54) is 0 Å². The highest BCUT2D eigenvalue weighted by Gasteiger charge is 2.06. The smallest absolute Gasteiger partial charge is 0.338 e. The number of carbonyl (C=O) groups is 1. The van der Waals surface area contributed by atoms with E-state index in [1.807, 2.05) is 36.4 Å². The summed E-state index contributed by atoms with van der Waals surface area (Å²) in [4.78, 5) is 11.8. The Morgan fingerprint density at radius 2 is 1.68 bits per heavy atom. The zero-order valence-corrected chi connectivity index (χ0v) is 12.0. The number of carbonyl (C=O) groups excluding carboxylic acids is 1. The van der Waals surface area contributed by atoms with Gasteiger partial charge in [-0.2, -0.15) is 0 Å². The molecule has 98 valence electrons. The Balaban J connectivity index is 1.94. The zero-order valence-electron chi connectivity index (χ0n) is 10.4. The highest BCUT2D eigenvalue weighted by Crippen LogP contribution is 2.14. The van der Waals surface area contributed by atoms with Crippen LogP contribution in [0.15, 0.2) is 53.0 Å². The molecule has 0 atom stereocenters. The first-order valence-corrected chi connectivity index (χ1v) is 6.54. The molecule has 2 rings (SSSR count). The van der Waals surface area contributed by atoms with Gasteiger partial charge in [-0.25, -0.2) is 4.79 Å². The van der Waals surface area contributed by atoms with Crippen molar-refractivity contribution in [1.82, 2.24) is 0 Å². The molecular formula is C15H13BrO3. The molecule has 2 aromatic rings. The summed E-state index contributed by atoms with van der Waals surface area (Å²) in [6.45, 7) is 0.249. The predicted molar refractivity (Wildman–Crippen MR) is 76.3 cm³/mol. The maximum atomic E-state index is 11.8. The first-order chi connectivity index (χ1) is 9.19. The first-order valence-electron chi connectivity index (χ1n) is 5.74. The van der Waals surface area contributed by atoms with Crippen LogP contribution in [0, 0.1) is 0 Å². The van der Waals surface area contributed by atoms with Crippen LogP contribution in [0.5, 0.6) is 5.75 Å². The van der Waals surface area contributed by atoms with Gasteiger partial charge in [-0.3, -0.25) is 0 Å². The largest absolute Gasteiger partial charge is 0.497 e. The summed E-state index contributed by atoms with van der Waals surface area (Å²) in [5, 5.41) is 0. The van der Waals surface area contributed by atoms with Crippen molar-refractivity contribution in [3.05, 3.63) is 64.1 Å². The molecule has 2 aromatic carbocycles. The highest BCUT2D eigenvalue weighted by molar-refractivity contribution is 9.10. The zero-order chi connectivity index (χ0) is 13.7. The van der Waals surface area contributed by atoms with E-state index in [0.29, 0.717) is 5.56 Å². The molecule has 0 bridgehead atoms. The second-order valence-corrected chi connectivity index (χ2v) is 4.85. The number of benzene rings is 2. The Morgan fingerprint density at radius 1 is 1.05 bits per heavy atom. The van der Waals surface area contributed by atoms with E-state index >= 15 is 0 Å². The van der Waals surface area contributed by atoms with Crippen molar-refractivity contribution in [3.8, 4) is 5.75 Å². The fourth-order valence-electron chi connectivity index (χ4n) is 1.54. The molecule has 0 aliphatic rings. The fraction of sp³-hybridized carbons (Fsp3) is 0.133. The maximum absolute atomic E-state index is 11.8. The van der Waals surface area contributed by atoms with E-state index in [4.69, 9.17) is 9.47 Å². The van der Waals surface area contributed by atoms with Crippen LogP contribution < -0.4 is 4.74 Å². The SMILES string of the molecule is COc1ccc(COC(=O)c2ccc(Br)cc2)cc1. The van der Waals surface area contributed by atoms with Gasteiger partial charge in [0, 0.05) is 4.47 Å². The summed E-state index contributed by atoms with van der Waals surface area (Å²) in [6.07, 6.45) is 0. The lowest BCUT2D eigenvalue weighted by Gasteiger charge is -2.06. The topological polar surface area (TPSA) is 35.5 Å². The molecule has 4 heteroatoms. The van der Waals surface area contributed by atoms with Gasteiger partial charge in [-0.15, -0.1) is 0 Å². The second-order valence-electron chi connectivity index (χ2n) is 3.93. The number of hydrogen-bond acceptors (Lipinski definition) is 3. The Hall–Kier alpha value is -1.81. The third kappa shape index (κ3) is 3.83. The van der Waals surface area contributed by atoms with Crippen LogP contribution in [0.2, 0.25) is 0 Å². The van der Waals surface area contributed by atoms with Crippen LogP contribution in [-0.4, -0.2) is 13.1 Å². The molecule has 0 saturated heterocycles. The number of halogens is 1. The molecule has 3 nitrogen and oxygen atoms in total. The summed E-state index contributed by atoms with van der Waals surface area (Å²) in [7, 11) is 1.61. The molecule has 0 aliphatic carbocycles. The fourth-order valence-corrected chi connectivity index (χ4v) is 1.80. The highest BCUT2D eigenvalue weighted by atomic mass is 79.9. The average Bonchev–Trinajstić information content (AvgIpc) is 2.46. The van der Waals surface area contributed by atoms with Crippen LogP contribution in [0.1, 0.15) is 15.9 Å². The monoisotopic (exact) mass is 320 g/mol. The molecule has 0 aromatic heterocycles. The lowest BCUT2D eigenvalue weighted by molar-refractivity contribution is 0.0472. The minimum Gasteiger partial charge on any atom is -0.497 e. The number of methoxy groups -OCH3 is 1. The van der Waals surface area contributed by atoms with E-state index in [9.17, 15) is 4.79 Å².